The highest BCUT2D eigenvalue weighted by molar-refractivity contribution is 9.10. The van der Waals surface area contributed by atoms with Crippen LogP contribution in [0.15, 0.2) is 51.8 Å². The molecule has 0 bridgehead atoms. The second kappa shape index (κ2) is 6.60. The van der Waals surface area contributed by atoms with Gasteiger partial charge >= 0.3 is 0 Å². The van der Waals surface area contributed by atoms with Gasteiger partial charge in [0.2, 0.25) is 0 Å². The third kappa shape index (κ3) is 3.73. The molecule has 0 atom stereocenters. The quantitative estimate of drug-likeness (QED) is 0.848. The molecule has 116 valence electrons. The van der Waals surface area contributed by atoms with Crippen molar-refractivity contribution in [3.05, 3.63) is 63.6 Å². The van der Waals surface area contributed by atoms with Crippen LogP contribution in [0.5, 0.6) is 0 Å². The summed E-state index contributed by atoms with van der Waals surface area (Å²) in [6.45, 7) is 2.06. The number of carbonyl (C=O) groups excluding carboxylic acids is 1. The molecule has 0 aliphatic rings. The largest absolute Gasteiger partial charge is 0.326 e. The maximum absolute atomic E-state index is 12.2. The summed E-state index contributed by atoms with van der Waals surface area (Å²) in [4.78, 5) is 12.2. The van der Waals surface area contributed by atoms with Gasteiger partial charge in [0.05, 0.1) is 4.90 Å². The Hall–Kier alpha value is -1.70. The molecule has 0 aromatic heterocycles. The van der Waals surface area contributed by atoms with Gasteiger partial charge in [-0.05, 0) is 48.4 Å². The first-order valence-electron chi connectivity index (χ1n) is 6.46. The monoisotopic (exact) mass is 382 g/mol. The molecule has 2 aromatic rings. The Balaban J connectivity index is 2.25. The molecule has 1 amide bonds. The number of aryl methyl sites for hydroxylation is 1. The molecule has 7 heteroatoms. The number of hydrogen-bond donors (Lipinski definition) is 2. The average molecular weight is 383 g/mol. The van der Waals surface area contributed by atoms with E-state index in [4.69, 9.17) is 5.73 Å². The molecular weight excluding hydrogens is 368 g/mol. The first-order valence-corrected chi connectivity index (χ1v) is 8.73. The molecule has 5 nitrogen and oxygen atoms in total. The van der Waals surface area contributed by atoms with Crippen molar-refractivity contribution in [2.45, 2.75) is 18.4 Å². The highest BCUT2D eigenvalue weighted by Gasteiger charge is 2.19. The molecule has 2 rings (SSSR count). The maximum atomic E-state index is 12.2. The Labute approximate surface area is 137 Å². The van der Waals surface area contributed by atoms with Crippen LogP contribution in [0.2, 0.25) is 0 Å². The molecule has 0 aliphatic heterocycles. The molecule has 0 radical (unpaired) electrons. The number of hydrogen-bond acceptors (Lipinski definition) is 4. The zero-order valence-corrected chi connectivity index (χ0v) is 14.2. The molecule has 0 heterocycles. The number of nitrogens with two attached hydrogens (primary N) is 1. The summed E-state index contributed by atoms with van der Waals surface area (Å²) < 4.78 is 27.3. The molecule has 0 saturated carbocycles. The van der Waals surface area contributed by atoms with Gasteiger partial charge in [-0.25, -0.2) is 13.1 Å². The summed E-state index contributed by atoms with van der Waals surface area (Å²) in [5.41, 5.74) is 7.28. The van der Waals surface area contributed by atoms with E-state index in [0.717, 1.165) is 10.0 Å². The van der Waals surface area contributed by atoms with Crippen LogP contribution in [0, 0.1) is 6.92 Å². The molecule has 0 spiro atoms. The standard InChI is InChI=1S/C15H15BrN2O3S/c1-10-8-12(16)4-7-14(10)15(19)18-22(20,21)13-5-2-11(9-17)3-6-13/h2-8H,9,17H2,1H3,(H,18,19). The van der Waals surface area contributed by atoms with E-state index >= 15 is 0 Å². The van der Waals surface area contributed by atoms with Gasteiger partial charge in [0.25, 0.3) is 15.9 Å². The van der Waals surface area contributed by atoms with E-state index < -0.39 is 15.9 Å². The summed E-state index contributed by atoms with van der Waals surface area (Å²) >= 11 is 3.30. The molecule has 0 unspecified atom stereocenters. The van der Waals surface area contributed by atoms with Gasteiger partial charge in [0.1, 0.15) is 0 Å². The van der Waals surface area contributed by atoms with Crippen molar-refractivity contribution in [3.63, 3.8) is 0 Å². The van der Waals surface area contributed by atoms with Crippen LogP contribution in [0.25, 0.3) is 0 Å². The number of amides is 1. The lowest BCUT2D eigenvalue weighted by atomic mass is 10.1. The molecule has 0 aliphatic carbocycles. The third-order valence-corrected chi connectivity index (χ3v) is 4.97. The second-order valence-electron chi connectivity index (χ2n) is 4.74. The molecule has 3 N–H and O–H groups in total. The van der Waals surface area contributed by atoms with Gasteiger partial charge in [0.15, 0.2) is 0 Å². The van der Waals surface area contributed by atoms with Crippen LogP contribution in [0.1, 0.15) is 21.5 Å². The van der Waals surface area contributed by atoms with E-state index in [1.165, 1.54) is 12.1 Å². The molecule has 0 fully saturated rings. The second-order valence-corrected chi connectivity index (χ2v) is 7.34. The van der Waals surface area contributed by atoms with Crippen LogP contribution in [0.3, 0.4) is 0 Å². The first kappa shape index (κ1) is 16.7. The van der Waals surface area contributed by atoms with Crippen molar-refractivity contribution in [1.82, 2.24) is 4.72 Å². The summed E-state index contributed by atoms with van der Waals surface area (Å²) in [7, 11) is -3.91. The molecule has 22 heavy (non-hydrogen) atoms. The Morgan fingerprint density at radius 1 is 1.18 bits per heavy atom. The van der Waals surface area contributed by atoms with E-state index in [1.54, 1.807) is 37.3 Å². The minimum atomic E-state index is -3.91. The van der Waals surface area contributed by atoms with Gasteiger partial charge in [-0.3, -0.25) is 4.79 Å². The number of halogens is 1. The Morgan fingerprint density at radius 2 is 1.82 bits per heavy atom. The number of sulfonamides is 1. The summed E-state index contributed by atoms with van der Waals surface area (Å²) in [5, 5.41) is 0. The summed E-state index contributed by atoms with van der Waals surface area (Å²) in [6, 6.07) is 11.1. The highest BCUT2D eigenvalue weighted by atomic mass is 79.9. The average Bonchev–Trinajstić information content (AvgIpc) is 2.46. The van der Waals surface area contributed by atoms with E-state index in [-0.39, 0.29) is 4.90 Å². The van der Waals surface area contributed by atoms with E-state index in [1.807, 2.05) is 0 Å². The molecule has 2 aromatic carbocycles. The number of benzene rings is 2. The fourth-order valence-corrected chi connectivity index (χ4v) is 3.36. The number of carbonyl (C=O) groups is 1. The zero-order chi connectivity index (χ0) is 16.3. The number of nitrogens with one attached hydrogen (secondary N) is 1. The molecule has 0 saturated heterocycles. The lowest BCUT2D eigenvalue weighted by Gasteiger charge is -2.09. The topological polar surface area (TPSA) is 89.3 Å². The molecular formula is C15H15BrN2O3S. The van der Waals surface area contributed by atoms with Crippen molar-refractivity contribution in [2.24, 2.45) is 5.73 Å². The zero-order valence-electron chi connectivity index (χ0n) is 11.8. The van der Waals surface area contributed by atoms with Crippen LogP contribution in [-0.4, -0.2) is 14.3 Å². The van der Waals surface area contributed by atoms with E-state index in [2.05, 4.69) is 20.7 Å². The Kier molecular flexibility index (Phi) is 5.00. The summed E-state index contributed by atoms with van der Waals surface area (Å²) in [5.74, 6) is -0.659. The smallest absolute Gasteiger partial charge is 0.265 e. The van der Waals surface area contributed by atoms with Gasteiger partial charge < -0.3 is 5.73 Å². The van der Waals surface area contributed by atoms with Crippen LogP contribution >= 0.6 is 15.9 Å². The van der Waals surface area contributed by atoms with Crippen molar-refractivity contribution in [2.75, 3.05) is 0 Å². The van der Waals surface area contributed by atoms with Crippen LogP contribution < -0.4 is 10.5 Å². The Morgan fingerprint density at radius 3 is 2.36 bits per heavy atom. The predicted molar refractivity (Wildman–Crippen MR) is 87.9 cm³/mol. The summed E-state index contributed by atoms with van der Waals surface area (Å²) in [6.07, 6.45) is 0. The van der Waals surface area contributed by atoms with Gasteiger partial charge in [-0.1, -0.05) is 28.1 Å². The Bertz CT molecular complexity index is 802. The van der Waals surface area contributed by atoms with Crippen molar-refractivity contribution < 1.29 is 13.2 Å². The fourth-order valence-electron chi connectivity index (χ4n) is 1.92. The lowest BCUT2D eigenvalue weighted by Crippen LogP contribution is -2.31. The van der Waals surface area contributed by atoms with Gasteiger partial charge in [-0.15, -0.1) is 0 Å². The third-order valence-electron chi connectivity index (χ3n) is 3.13. The van der Waals surface area contributed by atoms with E-state index in [9.17, 15) is 13.2 Å². The van der Waals surface area contributed by atoms with Crippen molar-refractivity contribution >= 4 is 31.9 Å². The van der Waals surface area contributed by atoms with Gasteiger partial charge in [-0.2, -0.15) is 0 Å². The van der Waals surface area contributed by atoms with Crippen LogP contribution in [-0.2, 0) is 16.6 Å². The van der Waals surface area contributed by atoms with Crippen molar-refractivity contribution in [1.29, 1.82) is 0 Å². The van der Waals surface area contributed by atoms with Crippen LogP contribution in [0.4, 0.5) is 0 Å². The normalized spacial score (nSPS) is 11.2. The van der Waals surface area contributed by atoms with Gasteiger partial charge in [0, 0.05) is 16.6 Å². The predicted octanol–water partition coefficient (Wildman–Crippen LogP) is 2.33. The minimum Gasteiger partial charge on any atom is -0.326 e. The SMILES string of the molecule is Cc1cc(Br)ccc1C(=O)NS(=O)(=O)c1ccc(CN)cc1. The van der Waals surface area contributed by atoms with E-state index in [0.29, 0.717) is 17.7 Å². The minimum absolute atomic E-state index is 0.0211. The lowest BCUT2D eigenvalue weighted by molar-refractivity contribution is 0.0981. The maximum Gasteiger partial charge on any atom is 0.265 e. The van der Waals surface area contributed by atoms with Crippen molar-refractivity contribution in [3.8, 4) is 0 Å². The first-order chi connectivity index (χ1) is 10.3. The highest BCUT2D eigenvalue weighted by Crippen LogP contribution is 2.17. The number of rotatable bonds is 4. The fraction of sp³-hybridized carbons (Fsp3) is 0.133.